The highest BCUT2D eigenvalue weighted by molar-refractivity contribution is 6.32. The first-order valence-electron chi connectivity index (χ1n) is 8.81. The Bertz CT molecular complexity index is 1230. The molecular formula is C21H16ClN3O4. The Kier molecular flexibility index (Phi) is 5.14. The van der Waals surface area contributed by atoms with Crippen LogP contribution in [0.25, 0.3) is 11.0 Å². The number of ether oxygens (including phenoxy) is 1. The molecule has 4 rings (SSSR count). The fraction of sp³-hybridized carbons (Fsp3) is 0.143. The molecule has 0 aliphatic rings. The van der Waals surface area contributed by atoms with E-state index in [1.807, 2.05) is 19.1 Å². The van der Waals surface area contributed by atoms with Gasteiger partial charge in [-0.05, 0) is 42.3 Å². The number of halogens is 1. The van der Waals surface area contributed by atoms with Crippen LogP contribution in [-0.2, 0) is 17.9 Å². The monoisotopic (exact) mass is 409 g/mol. The van der Waals surface area contributed by atoms with Crippen LogP contribution >= 0.6 is 11.6 Å². The zero-order valence-electron chi connectivity index (χ0n) is 15.5. The summed E-state index contributed by atoms with van der Waals surface area (Å²) in [6.07, 6.45) is 3.09. The Labute approximate surface area is 170 Å². The molecule has 2 aromatic carbocycles. The summed E-state index contributed by atoms with van der Waals surface area (Å²) in [5, 5.41) is 5.23. The smallest absolute Gasteiger partial charge is 0.338 e. The largest absolute Gasteiger partial charge is 0.457 e. The van der Waals surface area contributed by atoms with Gasteiger partial charge < -0.3 is 9.15 Å². The van der Waals surface area contributed by atoms with Crippen LogP contribution in [0.3, 0.4) is 0 Å². The number of hydrogen-bond donors (Lipinski definition) is 0. The molecule has 7 nitrogen and oxygen atoms in total. The van der Waals surface area contributed by atoms with Gasteiger partial charge in [0.2, 0.25) is 0 Å². The van der Waals surface area contributed by atoms with E-state index >= 15 is 0 Å². The van der Waals surface area contributed by atoms with Gasteiger partial charge in [-0.2, -0.15) is 5.10 Å². The van der Waals surface area contributed by atoms with Crippen molar-refractivity contribution < 1.29 is 13.9 Å². The third-order valence-electron chi connectivity index (χ3n) is 4.47. The summed E-state index contributed by atoms with van der Waals surface area (Å²) in [7, 11) is 0. The van der Waals surface area contributed by atoms with Crippen molar-refractivity contribution in [3.05, 3.63) is 92.8 Å². The van der Waals surface area contributed by atoms with E-state index in [0.717, 1.165) is 11.1 Å². The molecule has 0 spiro atoms. The first kappa shape index (κ1) is 18.9. The molecule has 4 aromatic rings. The quantitative estimate of drug-likeness (QED) is 0.368. The Morgan fingerprint density at radius 1 is 1.21 bits per heavy atom. The van der Waals surface area contributed by atoms with E-state index in [0.29, 0.717) is 33.7 Å². The number of nitrogens with zero attached hydrogens (tertiary/aromatic N) is 3. The highest BCUT2D eigenvalue weighted by Crippen LogP contribution is 2.25. The highest BCUT2D eigenvalue weighted by atomic mass is 35.5. The van der Waals surface area contributed by atoms with Crippen LogP contribution in [-0.4, -0.2) is 20.7 Å². The minimum Gasteiger partial charge on any atom is -0.457 e. The van der Waals surface area contributed by atoms with Crippen molar-refractivity contribution in [2.24, 2.45) is 0 Å². The van der Waals surface area contributed by atoms with Gasteiger partial charge in [-0.3, -0.25) is 0 Å². The zero-order valence-corrected chi connectivity index (χ0v) is 16.2. The third kappa shape index (κ3) is 4.20. The van der Waals surface area contributed by atoms with Crippen LogP contribution in [0.2, 0.25) is 5.02 Å². The van der Waals surface area contributed by atoms with E-state index in [-0.39, 0.29) is 6.61 Å². The van der Waals surface area contributed by atoms with Crippen molar-refractivity contribution in [3.63, 3.8) is 0 Å². The maximum absolute atomic E-state index is 12.4. The molecule has 29 heavy (non-hydrogen) atoms. The van der Waals surface area contributed by atoms with Gasteiger partial charge >= 0.3 is 11.6 Å². The number of carbonyl (C=O) groups is 1. The van der Waals surface area contributed by atoms with Crippen molar-refractivity contribution in [3.8, 4) is 0 Å². The lowest BCUT2D eigenvalue weighted by Gasteiger charge is -2.09. The lowest BCUT2D eigenvalue weighted by molar-refractivity contribution is 0.0474. The highest BCUT2D eigenvalue weighted by Gasteiger charge is 2.12. The second-order valence-electron chi connectivity index (χ2n) is 6.55. The molecule has 0 amide bonds. The van der Waals surface area contributed by atoms with E-state index in [9.17, 15) is 9.59 Å². The van der Waals surface area contributed by atoms with Gasteiger partial charge in [0, 0.05) is 22.0 Å². The topological polar surface area (TPSA) is 87.2 Å². The summed E-state index contributed by atoms with van der Waals surface area (Å²) in [5.74, 6) is -0.489. The Balaban J connectivity index is 1.49. The van der Waals surface area contributed by atoms with Gasteiger partial charge in [0.1, 0.15) is 24.8 Å². The molecule has 0 saturated heterocycles. The van der Waals surface area contributed by atoms with Crippen molar-refractivity contribution in [1.82, 2.24) is 14.8 Å². The van der Waals surface area contributed by atoms with Crippen LogP contribution in [0.1, 0.15) is 27.0 Å². The molecule has 0 unspecified atom stereocenters. The van der Waals surface area contributed by atoms with E-state index < -0.39 is 11.6 Å². The molecule has 0 radical (unpaired) electrons. The standard InChI is InChI=1S/C21H16ClN3O4/c1-13-6-19-17(8-18(13)22)16(7-20(26)29-19)10-28-21(27)15-4-2-14(3-5-15)9-25-12-23-11-24-25/h2-8,11-12H,9-10H2,1H3. The van der Waals surface area contributed by atoms with Gasteiger partial charge in [-0.15, -0.1) is 0 Å². The predicted molar refractivity (Wildman–Crippen MR) is 107 cm³/mol. The third-order valence-corrected chi connectivity index (χ3v) is 4.88. The molecule has 146 valence electrons. The molecule has 2 heterocycles. The van der Waals surface area contributed by atoms with E-state index in [1.54, 1.807) is 35.3 Å². The number of aryl methyl sites for hydroxylation is 1. The first-order chi connectivity index (χ1) is 14.0. The Morgan fingerprint density at radius 2 is 2.00 bits per heavy atom. The maximum Gasteiger partial charge on any atom is 0.338 e. The molecule has 2 aromatic heterocycles. The Morgan fingerprint density at radius 3 is 2.72 bits per heavy atom. The van der Waals surface area contributed by atoms with Crippen molar-refractivity contribution in [2.45, 2.75) is 20.1 Å². The van der Waals surface area contributed by atoms with Crippen LogP contribution in [0.4, 0.5) is 0 Å². The summed E-state index contributed by atoms with van der Waals surface area (Å²) in [6.45, 7) is 2.31. The van der Waals surface area contributed by atoms with Crippen molar-refractivity contribution >= 4 is 28.5 Å². The SMILES string of the molecule is Cc1cc2oc(=O)cc(COC(=O)c3ccc(Cn4cncn4)cc3)c2cc1Cl. The lowest BCUT2D eigenvalue weighted by Crippen LogP contribution is -2.08. The predicted octanol–water partition coefficient (Wildman–Crippen LogP) is 3.75. The molecule has 0 N–H and O–H groups in total. The number of rotatable bonds is 5. The van der Waals surface area contributed by atoms with Crippen molar-refractivity contribution in [1.29, 1.82) is 0 Å². The van der Waals surface area contributed by atoms with Gasteiger partial charge in [0.05, 0.1) is 12.1 Å². The average Bonchev–Trinajstić information content (AvgIpc) is 3.21. The van der Waals surface area contributed by atoms with Crippen LogP contribution in [0, 0.1) is 6.92 Å². The number of fused-ring (bicyclic) bond motifs is 1. The molecule has 0 saturated carbocycles. The first-order valence-corrected chi connectivity index (χ1v) is 9.19. The minimum atomic E-state index is -0.511. The second-order valence-corrected chi connectivity index (χ2v) is 6.96. The normalized spacial score (nSPS) is 11.0. The van der Waals surface area contributed by atoms with Crippen molar-refractivity contribution in [2.75, 3.05) is 0 Å². The van der Waals surface area contributed by atoms with Crippen LogP contribution in [0.15, 0.2) is 64.3 Å². The number of aromatic nitrogens is 3. The molecular weight excluding hydrogens is 394 g/mol. The molecule has 0 aliphatic heterocycles. The van der Waals surface area contributed by atoms with Gasteiger partial charge in [0.15, 0.2) is 0 Å². The lowest BCUT2D eigenvalue weighted by atomic mass is 10.1. The van der Waals surface area contributed by atoms with Crippen LogP contribution < -0.4 is 5.63 Å². The molecule has 0 aliphatic carbocycles. The number of carbonyl (C=O) groups excluding carboxylic acids is 1. The molecule has 0 atom stereocenters. The average molecular weight is 410 g/mol. The second kappa shape index (κ2) is 7.89. The summed E-state index contributed by atoms with van der Waals surface area (Å²) in [5.41, 5.74) is 2.61. The van der Waals surface area contributed by atoms with Gasteiger partial charge in [-0.1, -0.05) is 23.7 Å². The number of esters is 1. The number of hydrogen-bond acceptors (Lipinski definition) is 6. The van der Waals surface area contributed by atoms with E-state index in [1.165, 1.54) is 12.4 Å². The summed E-state index contributed by atoms with van der Waals surface area (Å²) < 4.78 is 12.3. The fourth-order valence-electron chi connectivity index (χ4n) is 2.94. The fourth-order valence-corrected chi connectivity index (χ4v) is 3.11. The summed E-state index contributed by atoms with van der Waals surface area (Å²) in [4.78, 5) is 28.1. The molecule has 0 bridgehead atoms. The molecule has 0 fully saturated rings. The maximum atomic E-state index is 12.4. The van der Waals surface area contributed by atoms with E-state index in [2.05, 4.69) is 10.1 Å². The van der Waals surface area contributed by atoms with E-state index in [4.69, 9.17) is 20.8 Å². The summed E-state index contributed by atoms with van der Waals surface area (Å²) >= 11 is 6.19. The molecule has 8 heteroatoms. The minimum absolute atomic E-state index is 0.0684. The van der Waals surface area contributed by atoms with Crippen LogP contribution in [0.5, 0.6) is 0 Å². The van der Waals surface area contributed by atoms with Gasteiger partial charge in [-0.25, -0.2) is 19.3 Å². The number of benzene rings is 2. The zero-order chi connectivity index (χ0) is 20.4. The Hall–Kier alpha value is -3.45. The van der Waals surface area contributed by atoms with Gasteiger partial charge in [0.25, 0.3) is 0 Å². The summed E-state index contributed by atoms with van der Waals surface area (Å²) in [6, 6.07) is 11.7.